The van der Waals surface area contributed by atoms with Gasteiger partial charge in [0.15, 0.2) is 10.9 Å². The number of halogens is 1. The van der Waals surface area contributed by atoms with Crippen LogP contribution in [0.3, 0.4) is 0 Å². The number of nitrogens with one attached hydrogen (secondary N) is 2. The maximum absolute atomic E-state index is 12.9. The largest absolute Gasteiger partial charge is 0.321 e. The van der Waals surface area contributed by atoms with Crippen molar-refractivity contribution in [2.45, 2.75) is 5.16 Å². The summed E-state index contributed by atoms with van der Waals surface area (Å²) >= 11 is 4.77. The Labute approximate surface area is 185 Å². The lowest BCUT2D eigenvalue weighted by atomic mass is 10.2. The summed E-state index contributed by atoms with van der Waals surface area (Å²) in [5, 5.41) is 6.29. The summed E-state index contributed by atoms with van der Waals surface area (Å²) < 4.78 is 2.69. The van der Waals surface area contributed by atoms with Gasteiger partial charge in [0, 0.05) is 28.1 Å². The first-order valence-corrected chi connectivity index (χ1v) is 10.9. The quantitative estimate of drug-likeness (QED) is 0.402. The molecule has 0 spiro atoms. The summed E-state index contributed by atoms with van der Waals surface area (Å²) in [6.45, 7) is 0. The molecule has 4 rings (SSSR count). The minimum atomic E-state index is -0.342. The molecule has 30 heavy (non-hydrogen) atoms. The Morgan fingerprint density at radius 2 is 1.90 bits per heavy atom. The molecule has 3 heterocycles. The minimum absolute atomic E-state index is 0.321. The van der Waals surface area contributed by atoms with Gasteiger partial charge in [0.05, 0.1) is 5.52 Å². The van der Waals surface area contributed by atoms with Crippen molar-refractivity contribution in [3.05, 3.63) is 82.7 Å². The van der Waals surface area contributed by atoms with Crippen LogP contribution in [0.15, 0.2) is 76.6 Å². The molecule has 0 unspecified atom stereocenters. The first-order chi connectivity index (χ1) is 14.5. The van der Waals surface area contributed by atoms with Crippen molar-refractivity contribution in [1.82, 2.24) is 14.4 Å². The number of imidazole rings is 1. The fraction of sp³-hybridized carbons (Fsp3) is 0.0476. The second kappa shape index (κ2) is 8.68. The lowest BCUT2D eigenvalue weighted by Gasteiger charge is -2.08. The number of carbonyl (C=O) groups is 2. The Morgan fingerprint density at radius 1 is 1.03 bits per heavy atom. The molecule has 0 aliphatic carbocycles. The average molecular weight is 482 g/mol. The van der Waals surface area contributed by atoms with Crippen molar-refractivity contribution < 1.29 is 9.59 Å². The first kappa shape index (κ1) is 20.1. The van der Waals surface area contributed by atoms with Crippen molar-refractivity contribution in [3.8, 4) is 0 Å². The number of amides is 2. The highest BCUT2D eigenvalue weighted by atomic mass is 79.9. The van der Waals surface area contributed by atoms with Crippen LogP contribution < -0.4 is 10.6 Å². The van der Waals surface area contributed by atoms with Gasteiger partial charge in [-0.2, -0.15) is 0 Å². The summed E-state index contributed by atoms with van der Waals surface area (Å²) in [7, 11) is 0. The molecule has 7 nitrogen and oxygen atoms in total. The Hall–Kier alpha value is -3.17. The summed E-state index contributed by atoms with van der Waals surface area (Å²) in [6, 6.07) is 15.8. The van der Waals surface area contributed by atoms with E-state index in [1.165, 1.54) is 11.8 Å². The normalized spacial score (nSPS) is 10.7. The van der Waals surface area contributed by atoms with Crippen molar-refractivity contribution in [2.75, 3.05) is 16.9 Å². The molecular weight excluding hydrogens is 466 g/mol. The zero-order valence-electron chi connectivity index (χ0n) is 15.8. The molecule has 1 aromatic carbocycles. The molecule has 0 atom stereocenters. The number of pyridine rings is 2. The molecule has 2 amide bonds. The topological polar surface area (TPSA) is 88.4 Å². The van der Waals surface area contributed by atoms with E-state index in [0.717, 1.165) is 15.1 Å². The van der Waals surface area contributed by atoms with Crippen LogP contribution in [0, 0.1) is 0 Å². The molecule has 0 aliphatic heterocycles. The third-order valence-corrected chi connectivity index (χ3v) is 5.39. The van der Waals surface area contributed by atoms with Crippen LogP contribution in [-0.4, -0.2) is 32.4 Å². The minimum Gasteiger partial charge on any atom is -0.321 e. The van der Waals surface area contributed by atoms with Gasteiger partial charge in [-0.3, -0.25) is 14.0 Å². The molecule has 4 aromatic rings. The van der Waals surface area contributed by atoms with Crippen LogP contribution in [0.5, 0.6) is 0 Å². The molecule has 0 bridgehead atoms. The van der Waals surface area contributed by atoms with E-state index in [4.69, 9.17) is 0 Å². The second-order valence-corrected chi connectivity index (χ2v) is 7.94. The number of nitrogens with zero attached hydrogens (tertiary/aromatic N) is 3. The second-order valence-electron chi connectivity index (χ2n) is 6.25. The van der Waals surface area contributed by atoms with E-state index in [1.807, 2.05) is 35.1 Å². The lowest BCUT2D eigenvalue weighted by Crippen LogP contribution is -2.15. The van der Waals surface area contributed by atoms with Gasteiger partial charge in [0.1, 0.15) is 5.82 Å². The number of hydrogen-bond donors (Lipinski definition) is 2. The van der Waals surface area contributed by atoms with E-state index in [2.05, 4.69) is 36.5 Å². The molecule has 0 fully saturated rings. The van der Waals surface area contributed by atoms with E-state index < -0.39 is 0 Å². The van der Waals surface area contributed by atoms with E-state index in [0.29, 0.717) is 22.8 Å². The Balaban J connectivity index is 1.54. The van der Waals surface area contributed by atoms with Gasteiger partial charge in [0.25, 0.3) is 11.8 Å². The van der Waals surface area contributed by atoms with Crippen molar-refractivity contribution in [2.24, 2.45) is 0 Å². The van der Waals surface area contributed by atoms with Gasteiger partial charge in [0.2, 0.25) is 0 Å². The molecule has 150 valence electrons. The van der Waals surface area contributed by atoms with E-state index in [1.54, 1.807) is 42.6 Å². The summed E-state index contributed by atoms with van der Waals surface area (Å²) in [5.41, 5.74) is 1.94. The predicted molar refractivity (Wildman–Crippen MR) is 121 cm³/mol. The van der Waals surface area contributed by atoms with E-state index in [9.17, 15) is 9.59 Å². The number of fused-ring (bicyclic) bond motifs is 1. The summed E-state index contributed by atoms with van der Waals surface area (Å²) in [5.74, 6) is -0.226. The number of carbonyl (C=O) groups excluding carboxylic acids is 2. The number of rotatable bonds is 5. The van der Waals surface area contributed by atoms with Crippen LogP contribution in [0.2, 0.25) is 0 Å². The SMILES string of the molecule is CSc1nc(C(=O)Nc2cccc(C(=O)Nc3ccc(Br)cn3)c2)c2ccccn12. The molecule has 0 saturated carbocycles. The highest BCUT2D eigenvalue weighted by molar-refractivity contribution is 9.10. The number of thioether (sulfide) groups is 1. The maximum Gasteiger partial charge on any atom is 0.276 e. The molecule has 9 heteroatoms. The highest BCUT2D eigenvalue weighted by Crippen LogP contribution is 2.21. The first-order valence-electron chi connectivity index (χ1n) is 8.90. The monoisotopic (exact) mass is 481 g/mol. The average Bonchev–Trinajstić information content (AvgIpc) is 3.14. The van der Waals surface area contributed by atoms with E-state index >= 15 is 0 Å². The van der Waals surface area contributed by atoms with Gasteiger partial charge in [-0.25, -0.2) is 9.97 Å². The zero-order chi connectivity index (χ0) is 21.1. The molecule has 0 aliphatic rings. The number of anilines is 2. The third kappa shape index (κ3) is 4.22. The Kier molecular flexibility index (Phi) is 5.82. The third-order valence-electron chi connectivity index (χ3n) is 4.27. The van der Waals surface area contributed by atoms with Crippen LogP contribution in [0.4, 0.5) is 11.5 Å². The van der Waals surface area contributed by atoms with Crippen LogP contribution >= 0.6 is 27.7 Å². The predicted octanol–water partition coefficient (Wildman–Crippen LogP) is 4.72. The zero-order valence-corrected chi connectivity index (χ0v) is 18.2. The summed E-state index contributed by atoms with van der Waals surface area (Å²) in [4.78, 5) is 34.0. The smallest absolute Gasteiger partial charge is 0.276 e. The molecule has 2 N–H and O–H groups in total. The van der Waals surface area contributed by atoms with Crippen LogP contribution in [0.25, 0.3) is 5.52 Å². The van der Waals surface area contributed by atoms with Gasteiger partial charge >= 0.3 is 0 Å². The standard InChI is InChI=1S/C21H16BrN5O2S/c1-30-21-26-18(16-7-2-3-10-27(16)21)20(29)24-15-6-4-5-13(11-15)19(28)25-17-9-8-14(22)12-23-17/h2-12H,1H3,(H,24,29)(H,23,25,28). The van der Waals surface area contributed by atoms with E-state index in [-0.39, 0.29) is 11.8 Å². The van der Waals surface area contributed by atoms with Crippen molar-refractivity contribution in [3.63, 3.8) is 0 Å². The Bertz CT molecular complexity index is 1240. The molecule has 3 aromatic heterocycles. The van der Waals surface area contributed by atoms with Crippen molar-refractivity contribution in [1.29, 1.82) is 0 Å². The lowest BCUT2D eigenvalue weighted by molar-refractivity contribution is 0.101. The van der Waals surface area contributed by atoms with Crippen LogP contribution in [0.1, 0.15) is 20.8 Å². The van der Waals surface area contributed by atoms with Gasteiger partial charge in [-0.15, -0.1) is 0 Å². The molecular formula is C21H16BrN5O2S. The van der Waals surface area contributed by atoms with Gasteiger partial charge in [-0.05, 0) is 64.7 Å². The Morgan fingerprint density at radius 3 is 2.67 bits per heavy atom. The highest BCUT2D eigenvalue weighted by Gasteiger charge is 2.17. The number of hydrogen-bond acceptors (Lipinski definition) is 5. The summed E-state index contributed by atoms with van der Waals surface area (Å²) in [6.07, 6.45) is 5.38. The fourth-order valence-corrected chi connectivity index (χ4v) is 3.66. The van der Waals surface area contributed by atoms with Gasteiger partial charge < -0.3 is 10.6 Å². The van der Waals surface area contributed by atoms with Crippen molar-refractivity contribution >= 4 is 56.5 Å². The fourth-order valence-electron chi connectivity index (χ4n) is 2.89. The maximum atomic E-state index is 12.9. The molecule has 0 saturated heterocycles. The van der Waals surface area contributed by atoms with Crippen LogP contribution in [-0.2, 0) is 0 Å². The number of aromatic nitrogens is 3. The number of benzene rings is 1. The van der Waals surface area contributed by atoms with Gasteiger partial charge in [-0.1, -0.05) is 23.9 Å². The molecule has 0 radical (unpaired) electrons.